The minimum Gasteiger partial charge on any atom is -0.318 e. The normalized spacial score (nSPS) is 12.3. The van der Waals surface area contributed by atoms with Crippen molar-refractivity contribution in [2.24, 2.45) is 5.73 Å². The van der Waals surface area contributed by atoms with Crippen molar-refractivity contribution in [3.8, 4) is 5.69 Å². The molecule has 6 heteroatoms. The van der Waals surface area contributed by atoms with E-state index in [4.69, 9.17) is 17.3 Å². The van der Waals surface area contributed by atoms with Crippen LogP contribution in [-0.2, 0) is 0 Å². The number of nitrogens with two attached hydrogens (primary N) is 1. The highest BCUT2D eigenvalue weighted by molar-refractivity contribution is 6.30. The summed E-state index contributed by atoms with van der Waals surface area (Å²) in [7, 11) is 0. The number of hydrogen-bond donors (Lipinski definition) is 1. The Kier molecular flexibility index (Phi) is 3.45. The quantitative estimate of drug-likeness (QED) is 0.802. The van der Waals surface area contributed by atoms with Crippen molar-refractivity contribution in [2.75, 3.05) is 0 Å². The Bertz CT molecular complexity index is 693. The molecule has 1 atom stereocenters. The molecule has 0 radical (unpaired) electrons. The van der Waals surface area contributed by atoms with Crippen LogP contribution in [0.5, 0.6) is 0 Å². The van der Waals surface area contributed by atoms with E-state index in [0.717, 1.165) is 11.3 Å². The van der Waals surface area contributed by atoms with Crippen molar-refractivity contribution in [3.05, 3.63) is 71.0 Å². The highest BCUT2D eigenvalue weighted by Crippen LogP contribution is 2.21. The predicted molar refractivity (Wildman–Crippen MR) is 76.6 cm³/mol. The number of nitrogens with zero attached hydrogens (tertiary/aromatic N) is 4. The van der Waals surface area contributed by atoms with Gasteiger partial charge in [0.2, 0.25) is 0 Å². The fourth-order valence-electron chi connectivity index (χ4n) is 1.96. The van der Waals surface area contributed by atoms with Gasteiger partial charge in [-0.3, -0.25) is 0 Å². The first kappa shape index (κ1) is 12.8. The molecule has 3 aromatic rings. The van der Waals surface area contributed by atoms with E-state index < -0.39 is 6.04 Å². The standard InChI is InChI=1S/C14H12ClN5/c15-11-8-6-10(7-9-11)13(16)14-17-18-19-20(14)12-4-2-1-3-5-12/h1-9,13H,16H2. The summed E-state index contributed by atoms with van der Waals surface area (Å²) in [6.07, 6.45) is 0. The van der Waals surface area contributed by atoms with Gasteiger partial charge in [-0.05, 0) is 40.3 Å². The Hall–Kier alpha value is -2.24. The number of tetrazole rings is 1. The van der Waals surface area contributed by atoms with E-state index in [1.807, 2.05) is 42.5 Å². The van der Waals surface area contributed by atoms with Crippen LogP contribution >= 0.6 is 11.6 Å². The van der Waals surface area contributed by atoms with Crippen LogP contribution in [0.25, 0.3) is 5.69 Å². The van der Waals surface area contributed by atoms with E-state index in [0.29, 0.717) is 10.8 Å². The van der Waals surface area contributed by atoms with Crippen molar-refractivity contribution in [1.29, 1.82) is 0 Å². The van der Waals surface area contributed by atoms with Crippen molar-refractivity contribution < 1.29 is 0 Å². The fourth-order valence-corrected chi connectivity index (χ4v) is 2.09. The molecule has 2 aromatic carbocycles. The van der Waals surface area contributed by atoms with E-state index in [1.165, 1.54) is 0 Å². The molecule has 0 amide bonds. The number of hydrogen-bond acceptors (Lipinski definition) is 4. The van der Waals surface area contributed by atoms with Crippen LogP contribution < -0.4 is 5.73 Å². The second kappa shape index (κ2) is 5.40. The minimum atomic E-state index is -0.414. The molecule has 1 aromatic heterocycles. The van der Waals surface area contributed by atoms with Gasteiger partial charge in [0.15, 0.2) is 5.82 Å². The number of para-hydroxylation sites is 1. The molecule has 0 aliphatic heterocycles. The molecule has 0 aliphatic carbocycles. The fraction of sp³-hybridized carbons (Fsp3) is 0.0714. The van der Waals surface area contributed by atoms with Crippen molar-refractivity contribution in [1.82, 2.24) is 20.2 Å². The van der Waals surface area contributed by atoms with Gasteiger partial charge in [0.1, 0.15) is 0 Å². The van der Waals surface area contributed by atoms with Crippen LogP contribution in [-0.4, -0.2) is 20.2 Å². The number of rotatable bonds is 3. The van der Waals surface area contributed by atoms with Crippen molar-refractivity contribution in [3.63, 3.8) is 0 Å². The van der Waals surface area contributed by atoms with Crippen molar-refractivity contribution >= 4 is 11.6 Å². The predicted octanol–water partition coefficient (Wildman–Crippen LogP) is 2.36. The van der Waals surface area contributed by atoms with Crippen LogP contribution in [0.15, 0.2) is 54.6 Å². The lowest BCUT2D eigenvalue weighted by atomic mass is 10.1. The first-order valence-electron chi connectivity index (χ1n) is 6.10. The van der Waals surface area contributed by atoms with Gasteiger partial charge in [-0.15, -0.1) is 5.10 Å². The summed E-state index contributed by atoms with van der Waals surface area (Å²) in [6, 6.07) is 16.6. The average Bonchev–Trinajstić information content (AvgIpc) is 2.97. The summed E-state index contributed by atoms with van der Waals surface area (Å²) < 4.78 is 1.64. The summed E-state index contributed by atoms with van der Waals surface area (Å²) in [5.41, 5.74) is 8.02. The molecule has 2 N–H and O–H groups in total. The SMILES string of the molecule is NC(c1ccc(Cl)cc1)c1nnnn1-c1ccccc1. The van der Waals surface area contributed by atoms with E-state index in [1.54, 1.807) is 16.8 Å². The molecule has 0 bridgehead atoms. The first-order valence-corrected chi connectivity index (χ1v) is 6.48. The Morgan fingerprint density at radius 1 is 1.00 bits per heavy atom. The highest BCUT2D eigenvalue weighted by Gasteiger charge is 2.17. The molecule has 3 rings (SSSR count). The number of halogens is 1. The summed E-state index contributed by atoms with van der Waals surface area (Å²) in [5, 5.41) is 12.4. The lowest BCUT2D eigenvalue weighted by molar-refractivity contribution is 0.715. The molecule has 0 spiro atoms. The Balaban J connectivity index is 1.99. The zero-order valence-electron chi connectivity index (χ0n) is 10.5. The largest absolute Gasteiger partial charge is 0.318 e. The molecule has 20 heavy (non-hydrogen) atoms. The van der Waals surface area contributed by atoms with Crippen LogP contribution in [0, 0.1) is 0 Å². The molecular weight excluding hydrogens is 274 g/mol. The maximum absolute atomic E-state index is 6.24. The third kappa shape index (κ3) is 2.41. The number of aromatic nitrogens is 4. The minimum absolute atomic E-state index is 0.414. The van der Waals surface area contributed by atoms with E-state index >= 15 is 0 Å². The maximum Gasteiger partial charge on any atom is 0.177 e. The molecule has 0 aliphatic rings. The van der Waals surface area contributed by atoms with Crippen LogP contribution in [0.2, 0.25) is 5.02 Å². The molecule has 100 valence electrons. The summed E-state index contributed by atoms with van der Waals surface area (Å²) >= 11 is 5.88. The Labute approximate surface area is 121 Å². The molecule has 0 fully saturated rings. The van der Waals surface area contributed by atoms with Crippen LogP contribution in [0.4, 0.5) is 0 Å². The molecule has 1 heterocycles. The summed E-state index contributed by atoms with van der Waals surface area (Å²) in [6.45, 7) is 0. The summed E-state index contributed by atoms with van der Waals surface area (Å²) in [4.78, 5) is 0. The van der Waals surface area contributed by atoms with Gasteiger partial charge in [-0.25, -0.2) is 0 Å². The van der Waals surface area contributed by atoms with Gasteiger partial charge >= 0.3 is 0 Å². The Morgan fingerprint density at radius 2 is 1.70 bits per heavy atom. The van der Waals surface area contributed by atoms with E-state index in [2.05, 4.69) is 15.5 Å². The molecule has 5 nitrogen and oxygen atoms in total. The lowest BCUT2D eigenvalue weighted by Crippen LogP contribution is -2.17. The Morgan fingerprint density at radius 3 is 2.40 bits per heavy atom. The zero-order valence-corrected chi connectivity index (χ0v) is 11.3. The van der Waals surface area contributed by atoms with Crippen LogP contribution in [0.1, 0.15) is 17.4 Å². The van der Waals surface area contributed by atoms with Gasteiger partial charge in [0.05, 0.1) is 11.7 Å². The van der Waals surface area contributed by atoms with Gasteiger partial charge in [0.25, 0.3) is 0 Å². The highest BCUT2D eigenvalue weighted by atomic mass is 35.5. The lowest BCUT2D eigenvalue weighted by Gasteiger charge is -2.12. The smallest absolute Gasteiger partial charge is 0.177 e. The van der Waals surface area contributed by atoms with Crippen LogP contribution in [0.3, 0.4) is 0 Å². The molecule has 1 unspecified atom stereocenters. The van der Waals surface area contributed by atoms with Gasteiger partial charge in [-0.1, -0.05) is 41.9 Å². The molecule has 0 saturated carbocycles. The number of benzene rings is 2. The van der Waals surface area contributed by atoms with E-state index in [9.17, 15) is 0 Å². The monoisotopic (exact) mass is 285 g/mol. The van der Waals surface area contributed by atoms with E-state index in [-0.39, 0.29) is 0 Å². The third-order valence-corrected chi connectivity index (χ3v) is 3.25. The molecule has 0 saturated heterocycles. The van der Waals surface area contributed by atoms with Crippen molar-refractivity contribution in [2.45, 2.75) is 6.04 Å². The average molecular weight is 286 g/mol. The summed E-state index contributed by atoms with van der Waals surface area (Å²) in [5.74, 6) is 0.582. The zero-order chi connectivity index (χ0) is 13.9. The topological polar surface area (TPSA) is 69.6 Å². The second-order valence-electron chi connectivity index (χ2n) is 4.31. The second-order valence-corrected chi connectivity index (χ2v) is 4.75. The third-order valence-electron chi connectivity index (χ3n) is 3.00. The van der Waals surface area contributed by atoms with Gasteiger partial charge in [-0.2, -0.15) is 4.68 Å². The maximum atomic E-state index is 6.24. The molecular formula is C14H12ClN5. The van der Waals surface area contributed by atoms with Gasteiger partial charge < -0.3 is 5.73 Å². The van der Waals surface area contributed by atoms with Gasteiger partial charge in [0, 0.05) is 5.02 Å². The first-order chi connectivity index (χ1) is 9.75.